The highest BCUT2D eigenvalue weighted by Gasteiger charge is 2.40. The molecule has 1 unspecified atom stereocenters. The lowest BCUT2D eigenvalue weighted by Crippen LogP contribution is -2.46. The molecule has 0 aromatic heterocycles. The van der Waals surface area contributed by atoms with E-state index in [9.17, 15) is 4.79 Å². The van der Waals surface area contributed by atoms with E-state index in [0.29, 0.717) is 6.61 Å². The van der Waals surface area contributed by atoms with Crippen molar-refractivity contribution in [3.05, 3.63) is 0 Å². The van der Waals surface area contributed by atoms with E-state index in [-0.39, 0.29) is 11.8 Å². The first-order valence-corrected chi connectivity index (χ1v) is 3.57. The molecule has 1 N–H and O–H groups in total. The van der Waals surface area contributed by atoms with Gasteiger partial charge in [-0.25, -0.2) is 4.79 Å². The summed E-state index contributed by atoms with van der Waals surface area (Å²) in [6.07, 6.45) is -1.13. The largest absolute Gasteiger partial charge is 0.465 e. The maximum absolute atomic E-state index is 10.7. The molecule has 64 valence electrons. The zero-order valence-electron chi connectivity index (χ0n) is 7.00. The SMILES string of the molecule is CC(C)(C)N(C(=O)O)C1CO1. The summed E-state index contributed by atoms with van der Waals surface area (Å²) in [7, 11) is 0. The molecule has 1 atom stereocenters. The lowest BCUT2D eigenvalue weighted by molar-refractivity contribution is 0.0679. The van der Waals surface area contributed by atoms with E-state index in [4.69, 9.17) is 9.84 Å². The number of epoxide rings is 1. The zero-order chi connectivity index (χ0) is 8.65. The van der Waals surface area contributed by atoms with Gasteiger partial charge in [0.05, 0.1) is 6.61 Å². The summed E-state index contributed by atoms with van der Waals surface area (Å²) in [5.74, 6) is 0. The van der Waals surface area contributed by atoms with Gasteiger partial charge in [-0.15, -0.1) is 0 Å². The Morgan fingerprint density at radius 3 is 2.18 bits per heavy atom. The highest BCUT2D eigenvalue weighted by Crippen LogP contribution is 2.24. The van der Waals surface area contributed by atoms with Crippen LogP contribution in [0.25, 0.3) is 0 Å². The number of hydrogen-bond acceptors (Lipinski definition) is 2. The van der Waals surface area contributed by atoms with Crippen LogP contribution in [0.3, 0.4) is 0 Å². The summed E-state index contributed by atoms with van der Waals surface area (Å²) < 4.78 is 4.90. The summed E-state index contributed by atoms with van der Waals surface area (Å²) in [4.78, 5) is 12.0. The van der Waals surface area contributed by atoms with Gasteiger partial charge in [0.25, 0.3) is 0 Å². The fraction of sp³-hybridized carbons (Fsp3) is 0.857. The molecule has 11 heavy (non-hydrogen) atoms. The van der Waals surface area contributed by atoms with Gasteiger partial charge in [-0.1, -0.05) is 0 Å². The Balaban J connectivity index is 2.66. The van der Waals surface area contributed by atoms with Crippen molar-refractivity contribution < 1.29 is 14.6 Å². The highest BCUT2D eigenvalue weighted by atomic mass is 16.6. The van der Waals surface area contributed by atoms with E-state index in [1.54, 1.807) is 0 Å². The van der Waals surface area contributed by atoms with Gasteiger partial charge in [-0.3, -0.25) is 4.90 Å². The quantitative estimate of drug-likeness (QED) is 0.583. The molecule has 0 aliphatic carbocycles. The Morgan fingerprint density at radius 2 is 2.09 bits per heavy atom. The molecule has 0 spiro atoms. The van der Waals surface area contributed by atoms with Crippen molar-refractivity contribution in [1.29, 1.82) is 0 Å². The van der Waals surface area contributed by atoms with Crippen LogP contribution in [-0.2, 0) is 4.74 Å². The maximum atomic E-state index is 10.7. The number of amides is 1. The highest BCUT2D eigenvalue weighted by molar-refractivity contribution is 5.66. The van der Waals surface area contributed by atoms with Crippen LogP contribution in [-0.4, -0.2) is 34.5 Å². The van der Waals surface area contributed by atoms with Crippen LogP contribution in [0.2, 0.25) is 0 Å². The predicted molar refractivity (Wildman–Crippen MR) is 39.4 cm³/mol. The molecule has 1 saturated heterocycles. The van der Waals surface area contributed by atoms with Gasteiger partial charge in [-0.05, 0) is 20.8 Å². The topological polar surface area (TPSA) is 53.1 Å². The van der Waals surface area contributed by atoms with Crippen LogP contribution in [0.5, 0.6) is 0 Å². The number of nitrogens with zero attached hydrogens (tertiary/aromatic N) is 1. The van der Waals surface area contributed by atoms with Gasteiger partial charge in [0.15, 0.2) is 6.23 Å². The Hall–Kier alpha value is -0.770. The molecule has 1 fully saturated rings. The third-order valence-corrected chi connectivity index (χ3v) is 1.53. The van der Waals surface area contributed by atoms with Crippen LogP contribution >= 0.6 is 0 Å². The molecule has 1 rings (SSSR count). The number of ether oxygens (including phenoxy) is 1. The summed E-state index contributed by atoms with van der Waals surface area (Å²) in [6.45, 7) is 6.08. The number of carboxylic acid groups (broad SMARTS) is 1. The van der Waals surface area contributed by atoms with Crippen LogP contribution in [0.4, 0.5) is 4.79 Å². The van der Waals surface area contributed by atoms with Gasteiger partial charge in [0.1, 0.15) is 0 Å². The minimum absolute atomic E-state index is 0.215. The second-order valence-electron chi connectivity index (χ2n) is 3.61. The van der Waals surface area contributed by atoms with Gasteiger partial charge in [0.2, 0.25) is 0 Å². The third kappa shape index (κ3) is 1.83. The molecular formula is C7H13NO3. The van der Waals surface area contributed by atoms with Gasteiger partial charge in [-0.2, -0.15) is 0 Å². The van der Waals surface area contributed by atoms with Crippen molar-refractivity contribution in [2.45, 2.75) is 32.5 Å². The second kappa shape index (κ2) is 2.37. The van der Waals surface area contributed by atoms with Crippen molar-refractivity contribution >= 4 is 6.09 Å². The van der Waals surface area contributed by atoms with Crippen molar-refractivity contribution in [2.24, 2.45) is 0 Å². The molecule has 4 heteroatoms. The standard InChI is InChI=1S/C7H13NO3/c1-7(2,3)8(6(9)10)5-4-11-5/h5H,4H2,1-3H3,(H,9,10). The molecule has 0 aromatic carbocycles. The first-order chi connectivity index (χ1) is 4.93. The van der Waals surface area contributed by atoms with Gasteiger partial charge in [0, 0.05) is 5.54 Å². The molecule has 1 amide bonds. The van der Waals surface area contributed by atoms with Crippen LogP contribution in [0.15, 0.2) is 0 Å². The third-order valence-electron chi connectivity index (χ3n) is 1.53. The first-order valence-electron chi connectivity index (χ1n) is 3.57. The smallest absolute Gasteiger partial charge is 0.409 e. The monoisotopic (exact) mass is 159 g/mol. The van der Waals surface area contributed by atoms with Crippen LogP contribution in [0.1, 0.15) is 20.8 Å². The lowest BCUT2D eigenvalue weighted by atomic mass is 10.1. The molecule has 1 aliphatic rings. The van der Waals surface area contributed by atoms with Crippen LogP contribution < -0.4 is 0 Å². The number of carbonyl (C=O) groups is 1. The fourth-order valence-corrected chi connectivity index (χ4v) is 1.03. The summed E-state index contributed by atoms with van der Waals surface area (Å²) >= 11 is 0. The van der Waals surface area contributed by atoms with Crippen molar-refractivity contribution in [3.63, 3.8) is 0 Å². The van der Waals surface area contributed by atoms with Crippen LogP contribution in [0, 0.1) is 0 Å². The molecule has 0 aromatic rings. The van der Waals surface area contributed by atoms with Gasteiger partial charge >= 0.3 is 6.09 Å². The molecule has 0 bridgehead atoms. The molecule has 0 radical (unpaired) electrons. The molecule has 0 saturated carbocycles. The number of hydrogen-bond donors (Lipinski definition) is 1. The second-order valence-corrected chi connectivity index (χ2v) is 3.61. The van der Waals surface area contributed by atoms with E-state index in [0.717, 1.165) is 0 Å². The zero-order valence-corrected chi connectivity index (χ0v) is 7.00. The average molecular weight is 159 g/mol. The maximum Gasteiger partial charge on any atom is 0.409 e. The van der Waals surface area contributed by atoms with Gasteiger partial charge < -0.3 is 9.84 Å². The lowest BCUT2D eigenvalue weighted by Gasteiger charge is -2.31. The van der Waals surface area contributed by atoms with E-state index in [2.05, 4.69) is 0 Å². The van der Waals surface area contributed by atoms with Crippen molar-refractivity contribution in [1.82, 2.24) is 4.90 Å². The van der Waals surface area contributed by atoms with E-state index in [1.165, 1.54) is 4.90 Å². The van der Waals surface area contributed by atoms with E-state index in [1.807, 2.05) is 20.8 Å². The Morgan fingerprint density at radius 1 is 1.64 bits per heavy atom. The minimum atomic E-state index is -0.917. The molecule has 1 aliphatic heterocycles. The molecule has 1 heterocycles. The summed E-state index contributed by atoms with van der Waals surface area (Å²) in [5, 5.41) is 8.77. The first kappa shape index (κ1) is 8.33. The summed E-state index contributed by atoms with van der Waals surface area (Å²) in [5.41, 5.74) is -0.368. The Bertz CT molecular complexity index is 169. The normalized spacial score (nSPS) is 23.0. The number of rotatable bonds is 1. The van der Waals surface area contributed by atoms with Crippen molar-refractivity contribution in [3.8, 4) is 0 Å². The summed E-state index contributed by atoms with van der Waals surface area (Å²) in [6, 6.07) is 0. The minimum Gasteiger partial charge on any atom is -0.465 e. The van der Waals surface area contributed by atoms with E-state index >= 15 is 0 Å². The molecular weight excluding hydrogens is 146 g/mol. The van der Waals surface area contributed by atoms with E-state index < -0.39 is 6.09 Å². The predicted octanol–water partition coefficient (Wildman–Crippen LogP) is 1.12. The van der Waals surface area contributed by atoms with Crippen molar-refractivity contribution in [2.75, 3.05) is 6.61 Å². The Labute approximate surface area is 65.8 Å². The fourth-order valence-electron chi connectivity index (χ4n) is 1.03. The Kier molecular flexibility index (Phi) is 1.80. The average Bonchev–Trinajstić information content (AvgIpc) is 2.42. The molecule has 4 nitrogen and oxygen atoms in total.